The van der Waals surface area contributed by atoms with E-state index < -0.39 is 6.36 Å². The first-order valence-corrected chi connectivity index (χ1v) is 6.68. The van der Waals surface area contributed by atoms with Crippen LogP contribution in [0.2, 0.25) is 0 Å². The van der Waals surface area contributed by atoms with Crippen molar-refractivity contribution in [3.63, 3.8) is 0 Å². The summed E-state index contributed by atoms with van der Waals surface area (Å²) in [6, 6.07) is 14.3. The summed E-state index contributed by atoms with van der Waals surface area (Å²) in [6.07, 6.45) is -3.46. The van der Waals surface area contributed by atoms with Crippen molar-refractivity contribution in [1.82, 2.24) is 0 Å². The maximum Gasteiger partial charge on any atom is 0.573 e. The molecule has 0 spiro atoms. The minimum Gasteiger partial charge on any atom is -0.406 e. The predicted molar refractivity (Wildman–Crippen MR) is 85.2 cm³/mol. The van der Waals surface area contributed by atoms with E-state index in [1.54, 1.807) is 19.1 Å². The Labute approximate surface area is 130 Å². The van der Waals surface area contributed by atoms with Crippen LogP contribution >= 0.6 is 0 Å². The highest BCUT2D eigenvalue weighted by Crippen LogP contribution is 2.22. The molecule has 0 radical (unpaired) electrons. The van der Waals surface area contributed by atoms with E-state index in [4.69, 9.17) is 0 Å². The lowest BCUT2D eigenvalue weighted by atomic mass is 10.1. The van der Waals surface area contributed by atoms with E-state index in [1.807, 2.05) is 0 Å². The molecule has 0 unspecified atom stereocenters. The van der Waals surface area contributed by atoms with Gasteiger partial charge in [0.1, 0.15) is 5.75 Å². The number of hydrogen-bond acceptors (Lipinski definition) is 1. The summed E-state index contributed by atoms with van der Waals surface area (Å²) >= 11 is 0. The van der Waals surface area contributed by atoms with Crippen LogP contribution in [-0.4, -0.2) is 6.36 Å². The van der Waals surface area contributed by atoms with Crippen LogP contribution in [0, 0.1) is 13.8 Å². The van der Waals surface area contributed by atoms with Gasteiger partial charge in [-0.15, -0.1) is 13.2 Å². The first kappa shape index (κ1) is 20.0. The number of alkyl halides is 3. The molecule has 4 heteroatoms. The van der Waals surface area contributed by atoms with Crippen molar-refractivity contribution in [2.75, 3.05) is 0 Å². The van der Waals surface area contributed by atoms with Gasteiger partial charge < -0.3 is 4.74 Å². The van der Waals surface area contributed by atoms with Crippen LogP contribution in [0.5, 0.6) is 5.75 Å². The Bertz CT molecular complexity index is 528. The monoisotopic (exact) mass is 312 g/mol. The highest BCUT2D eigenvalue weighted by Gasteiger charge is 2.30. The molecule has 0 N–H and O–H groups in total. The molecule has 2 rings (SSSR count). The second-order valence-corrected chi connectivity index (χ2v) is 4.70. The minimum atomic E-state index is -4.60. The zero-order chi connectivity index (χ0) is 15.9. The van der Waals surface area contributed by atoms with Crippen LogP contribution in [0.15, 0.2) is 48.5 Å². The predicted octanol–water partition coefficient (Wildman–Crippen LogP) is 6.09. The van der Waals surface area contributed by atoms with E-state index in [1.165, 1.54) is 23.3 Å². The second-order valence-electron chi connectivity index (χ2n) is 4.70. The van der Waals surface area contributed by atoms with Crippen LogP contribution in [0.1, 0.15) is 31.0 Å². The number of aryl methyl sites for hydroxylation is 3. The number of halogens is 3. The van der Waals surface area contributed by atoms with E-state index in [2.05, 4.69) is 42.8 Å². The Balaban J connectivity index is 0.000000397. The van der Waals surface area contributed by atoms with Crippen LogP contribution < -0.4 is 4.74 Å². The van der Waals surface area contributed by atoms with E-state index in [0.29, 0.717) is 0 Å². The van der Waals surface area contributed by atoms with E-state index in [-0.39, 0.29) is 13.2 Å². The van der Waals surface area contributed by atoms with Crippen molar-refractivity contribution >= 4 is 0 Å². The largest absolute Gasteiger partial charge is 0.573 e. The zero-order valence-electron chi connectivity index (χ0n) is 12.4. The normalized spacial score (nSPS) is 10.1. The van der Waals surface area contributed by atoms with Gasteiger partial charge in [-0.1, -0.05) is 61.9 Å². The van der Waals surface area contributed by atoms with E-state index in [9.17, 15) is 13.2 Å². The molecule has 0 heterocycles. The topological polar surface area (TPSA) is 9.23 Å². The lowest BCUT2D eigenvalue weighted by molar-refractivity contribution is -0.274. The summed E-state index contributed by atoms with van der Waals surface area (Å²) in [7, 11) is 0. The molecule has 2 aromatic rings. The quantitative estimate of drug-likeness (QED) is 0.652. The lowest BCUT2D eigenvalue weighted by Gasteiger charge is -2.08. The summed E-state index contributed by atoms with van der Waals surface area (Å²) in [6.45, 7) is 6.07. The van der Waals surface area contributed by atoms with Crippen molar-refractivity contribution in [3.05, 3.63) is 65.2 Å². The Morgan fingerprint density at radius 3 is 1.59 bits per heavy atom. The fourth-order valence-corrected chi connectivity index (χ4v) is 1.56. The number of hydrogen-bond donors (Lipinski definition) is 0. The fraction of sp³-hybridized carbons (Fsp3) is 0.333. The summed E-state index contributed by atoms with van der Waals surface area (Å²) < 4.78 is 38.5. The van der Waals surface area contributed by atoms with Gasteiger partial charge in [-0.3, -0.25) is 0 Å². The summed E-state index contributed by atoms with van der Waals surface area (Å²) in [5.41, 5.74) is 3.65. The summed E-state index contributed by atoms with van der Waals surface area (Å²) in [5.74, 6) is -0.187. The van der Waals surface area contributed by atoms with Gasteiger partial charge in [0, 0.05) is 0 Å². The first-order chi connectivity index (χ1) is 9.80. The first-order valence-electron chi connectivity index (χ1n) is 6.68. The highest BCUT2D eigenvalue weighted by molar-refractivity contribution is 5.26. The molecule has 2 aromatic carbocycles. The van der Waals surface area contributed by atoms with Crippen molar-refractivity contribution in [2.45, 2.75) is 41.0 Å². The fourth-order valence-electron chi connectivity index (χ4n) is 1.56. The van der Waals surface area contributed by atoms with Gasteiger partial charge in [0.05, 0.1) is 0 Å². The van der Waals surface area contributed by atoms with E-state index in [0.717, 1.165) is 12.0 Å². The molecule has 22 heavy (non-hydrogen) atoms. The summed E-state index contributed by atoms with van der Waals surface area (Å²) in [5, 5.41) is 0. The molecule has 0 aromatic heterocycles. The maximum absolute atomic E-state index is 11.6. The number of ether oxygens (including phenoxy) is 1. The third-order valence-electron chi connectivity index (χ3n) is 2.78. The molecular weight excluding hydrogens is 289 g/mol. The SMILES string of the molecule is C.CCc1ccc(C)cc1.Cc1ccc(OC(F)(F)F)cc1. The molecular formula is C18H23F3O. The van der Waals surface area contributed by atoms with Gasteiger partial charge in [0.2, 0.25) is 0 Å². The van der Waals surface area contributed by atoms with Gasteiger partial charge in [-0.2, -0.15) is 0 Å². The van der Waals surface area contributed by atoms with Crippen molar-refractivity contribution in [2.24, 2.45) is 0 Å². The number of benzene rings is 2. The smallest absolute Gasteiger partial charge is 0.406 e. The van der Waals surface area contributed by atoms with Crippen LogP contribution in [0.4, 0.5) is 13.2 Å². The van der Waals surface area contributed by atoms with Gasteiger partial charge in [-0.25, -0.2) is 0 Å². The molecule has 0 aliphatic heterocycles. The van der Waals surface area contributed by atoms with E-state index >= 15 is 0 Å². The van der Waals surface area contributed by atoms with Gasteiger partial charge in [0.15, 0.2) is 0 Å². The maximum atomic E-state index is 11.6. The zero-order valence-corrected chi connectivity index (χ0v) is 12.4. The van der Waals surface area contributed by atoms with Gasteiger partial charge in [0.25, 0.3) is 0 Å². The van der Waals surface area contributed by atoms with Crippen LogP contribution in [0.3, 0.4) is 0 Å². The Hall–Kier alpha value is -1.97. The molecule has 0 aliphatic rings. The molecule has 122 valence electrons. The molecule has 0 atom stereocenters. The average Bonchev–Trinajstić information content (AvgIpc) is 2.42. The molecule has 0 aliphatic carbocycles. The van der Waals surface area contributed by atoms with Crippen molar-refractivity contribution in [3.8, 4) is 5.75 Å². The van der Waals surface area contributed by atoms with Gasteiger partial charge in [-0.05, 0) is 38.0 Å². The molecule has 0 bridgehead atoms. The van der Waals surface area contributed by atoms with Gasteiger partial charge >= 0.3 is 6.36 Å². The Morgan fingerprint density at radius 2 is 1.23 bits per heavy atom. The molecule has 0 fully saturated rings. The average molecular weight is 312 g/mol. The second kappa shape index (κ2) is 9.13. The molecule has 0 saturated carbocycles. The summed E-state index contributed by atoms with van der Waals surface area (Å²) in [4.78, 5) is 0. The molecule has 0 saturated heterocycles. The molecule has 1 nitrogen and oxygen atoms in total. The standard InChI is InChI=1S/C9H12.C8H7F3O.CH4/c1-3-9-6-4-8(2)5-7-9;1-6-2-4-7(5-3-6)12-8(9,10)11;/h4-7H,3H2,1-2H3;2-5H,1H3;1H4. The highest BCUT2D eigenvalue weighted by atomic mass is 19.4. The van der Waals surface area contributed by atoms with Crippen LogP contribution in [-0.2, 0) is 6.42 Å². The number of rotatable bonds is 2. The minimum absolute atomic E-state index is 0. The Kier molecular flexibility index (Phi) is 8.31. The van der Waals surface area contributed by atoms with Crippen LogP contribution in [0.25, 0.3) is 0 Å². The third kappa shape index (κ3) is 8.35. The Morgan fingerprint density at radius 1 is 0.818 bits per heavy atom. The van der Waals surface area contributed by atoms with Crippen molar-refractivity contribution in [1.29, 1.82) is 0 Å². The third-order valence-corrected chi connectivity index (χ3v) is 2.78. The van der Waals surface area contributed by atoms with Crippen molar-refractivity contribution < 1.29 is 17.9 Å². The molecule has 0 amide bonds. The lowest BCUT2D eigenvalue weighted by Crippen LogP contribution is -2.16.